The van der Waals surface area contributed by atoms with E-state index in [0.29, 0.717) is 11.7 Å². The largest absolute Gasteiger partial charge is 0.367 e. The van der Waals surface area contributed by atoms with Crippen LogP contribution >= 0.6 is 0 Å². The zero-order valence-electron chi connectivity index (χ0n) is 10.5. The maximum atomic E-state index is 11.3. The Morgan fingerprint density at radius 2 is 2.24 bits per heavy atom. The summed E-state index contributed by atoms with van der Waals surface area (Å²) in [5.74, 6) is 0.613. The van der Waals surface area contributed by atoms with E-state index in [9.17, 15) is 4.79 Å². The normalized spacial score (nSPS) is 26.8. The number of ketones is 1. The van der Waals surface area contributed by atoms with E-state index in [1.807, 2.05) is 6.92 Å². The zero-order chi connectivity index (χ0) is 12.5. The molecule has 0 aliphatic carbocycles. The molecule has 1 aliphatic heterocycles. The number of hydrogen-bond donors (Lipinski definition) is 0. The molecule has 17 heavy (non-hydrogen) atoms. The molecule has 0 amide bonds. The predicted octanol–water partition coefficient (Wildman–Crippen LogP) is 2.18. The third-order valence-corrected chi connectivity index (χ3v) is 3.36. The van der Waals surface area contributed by atoms with Gasteiger partial charge >= 0.3 is 0 Å². The fourth-order valence-corrected chi connectivity index (χ4v) is 1.91. The highest BCUT2D eigenvalue weighted by Crippen LogP contribution is 2.33. The second-order valence-electron chi connectivity index (χ2n) is 4.82. The lowest BCUT2D eigenvalue weighted by atomic mass is 9.95. The first-order valence-electron chi connectivity index (χ1n) is 6.01. The highest BCUT2D eigenvalue weighted by atomic mass is 16.5. The lowest BCUT2D eigenvalue weighted by Gasteiger charge is -2.30. The van der Waals surface area contributed by atoms with Gasteiger partial charge in [0.1, 0.15) is 11.4 Å². The molecule has 0 radical (unpaired) electrons. The Morgan fingerprint density at radius 3 is 2.82 bits per heavy atom. The van der Waals surface area contributed by atoms with Crippen LogP contribution in [0.4, 0.5) is 0 Å². The van der Waals surface area contributed by atoms with Crippen molar-refractivity contribution in [3.05, 3.63) is 11.7 Å². The van der Waals surface area contributed by atoms with E-state index in [-0.39, 0.29) is 11.7 Å². The van der Waals surface area contributed by atoms with Gasteiger partial charge in [-0.15, -0.1) is 0 Å². The van der Waals surface area contributed by atoms with Crippen molar-refractivity contribution in [2.75, 3.05) is 6.61 Å². The van der Waals surface area contributed by atoms with Gasteiger partial charge in [0, 0.05) is 6.61 Å². The highest BCUT2D eigenvalue weighted by molar-refractivity contribution is 5.81. The fourth-order valence-electron chi connectivity index (χ4n) is 1.91. The van der Waals surface area contributed by atoms with Crippen molar-refractivity contribution in [1.82, 2.24) is 10.1 Å². The van der Waals surface area contributed by atoms with Crippen LogP contribution in [-0.4, -0.2) is 22.5 Å². The van der Waals surface area contributed by atoms with Gasteiger partial charge in [0.05, 0.1) is 5.92 Å². The van der Waals surface area contributed by atoms with Crippen LogP contribution in [0.2, 0.25) is 0 Å². The minimum absolute atomic E-state index is 0.0231. The Morgan fingerprint density at radius 1 is 1.47 bits per heavy atom. The number of aromatic nitrogens is 2. The van der Waals surface area contributed by atoms with E-state index in [1.165, 1.54) is 6.92 Å². The van der Waals surface area contributed by atoms with Crippen LogP contribution in [-0.2, 0) is 15.1 Å². The van der Waals surface area contributed by atoms with Gasteiger partial charge in [-0.25, -0.2) is 0 Å². The van der Waals surface area contributed by atoms with Gasteiger partial charge in [-0.1, -0.05) is 5.16 Å². The molecule has 0 spiro atoms. The number of carbonyl (C=O) groups is 1. The summed E-state index contributed by atoms with van der Waals surface area (Å²) in [4.78, 5) is 15.6. The Labute approximate surface area is 101 Å². The molecule has 0 saturated carbocycles. The molecule has 2 heterocycles. The number of nitrogens with zero attached hydrogens (tertiary/aromatic N) is 2. The molecule has 1 saturated heterocycles. The number of hydrogen-bond acceptors (Lipinski definition) is 5. The van der Waals surface area contributed by atoms with Crippen LogP contribution in [0.3, 0.4) is 0 Å². The number of carbonyl (C=O) groups excluding carboxylic acids is 1. The average molecular weight is 238 g/mol. The van der Waals surface area contributed by atoms with Gasteiger partial charge in [-0.3, -0.25) is 4.79 Å². The Balaban J connectivity index is 2.20. The first kappa shape index (κ1) is 12.2. The molecule has 2 atom stereocenters. The summed E-state index contributed by atoms with van der Waals surface area (Å²) in [6.45, 7) is 5.99. The van der Waals surface area contributed by atoms with Crippen molar-refractivity contribution in [3.8, 4) is 0 Å². The second-order valence-corrected chi connectivity index (χ2v) is 4.82. The third-order valence-electron chi connectivity index (χ3n) is 3.36. The Bertz CT molecular complexity index is 408. The summed E-state index contributed by atoms with van der Waals surface area (Å²) in [5, 5.41) is 3.95. The van der Waals surface area contributed by atoms with Crippen LogP contribution in [0.15, 0.2) is 4.52 Å². The van der Waals surface area contributed by atoms with Gasteiger partial charge in [0.15, 0.2) is 0 Å². The van der Waals surface area contributed by atoms with E-state index in [0.717, 1.165) is 25.9 Å². The summed E-state index contributed by atoms with van der Waals surface area (Å²) < 4.78 is 10.9. The minimum atomic E-state index is -0.462. The molecule has 2 unspecified atom stereocenters. The molecule has 2 rings (SSSR count). The van der Waals surface area contributed by atoms with E-state index >= 15 is 0 Å². The number of rotatable bonds is 3. The maximum absolute atomic E-state index is 11.3. The van der Waals surface area contributed by atoms with Crippen molar-refractivity contribution in [3.63, 3.8) is 0 Å². The molecular weight excluding hydrogens is 220 g/mol. The molecule has 5 heteroatoms. The van der Waals surface area contributed by atoms with E-state index in [4.69, 9.17) is 9.26 Å². The van der Waals surface area contributed by atoms with E-state index in [2.05, 4.69) is 10.1 Å². The van der Waals surface area contributed by atoms with Gasteiger partial charge in [-0.2, -0.15) is 4.98 Å². The standard InChI is InChI=1S/C12H18N2O3/c1-8(9(2)15)10-13-11(14-17-10)12(3)6-4-5-7-16-12/h8H,4-7H2,1-3H3. The molecule has 0 N–H and O–H groups in total. The van der Waals surface area contributed by atoms with Crippen molar-refractivity contribution >= 4 is 5.78 Å². The van der Waals surface area contributed by atoms with Crippen LogP contribution in [0.5, 0.6) is 0 Å². The molecular formula is C12H18N2O3. The van der Waals surface area contributed by atoms with E-state index in [1.54, 1.807) is 6.92 Å². The van der Waals surface area contributed by atoms with Crippen molar-refractivity contribution in [2.45, 2.75) is 51.6 Å². The second kappa shape index (κ2) is 4.56. The monoisotopic (exact) mass is 238 g/mol. The summed E-state index contributed by atoms with van der Waals surface area (Å²) in [6, 6.07) is 0. The number of ether oxygens (including phenoxy) is 1. The van der Waals surface area contributed by atoms with Gasteiger partial charge < -0.3 is 9.26 Å². The number of Topliss-reactive ketones (excluding diaryl/α,β-unsaturated/α-hetero) is 1. The lowest BCUT2D eigenvalue weighted by Crippen LogP contribution is -2.31. The molecule has 94 valence electrons. The zero-order valence-corrected chi connectivity index (χ0v) is 10.5. The fraction of sp³-hybridized carbons (Fsp3) is 0.750. The van der Waals surface area contributed by atoms with Crippen LogP contribution < -0.4 is 0 Å². The summed E-state index contributed by atoms with van der Waals surface area (Å²) in [6.07, 6.45) is 3.06. The van der Waals surface area contributed by atoms with Gasteiger partial charge in [0.25, 0.3) is 0 Å². The smallest absolute Gasteiger partial charge is 0.237 e. The molecule has 0 bridgehead atoms. The molecule has 5 nitrogen and oxygen atoms in total. The van der Waals surface area contributed by atoms with Crippen molar-refractivity contribution < 1.29 is 14.1 Å². The lowest BCUT2D eigenvalue weighted by molar-refractivity contribution is -0.118. The third kappa shape index (κ3) is 2.39. The quantitative estimate of drug-likeness (QED) is 0.807. The summed E-state index contributed by atoms with van der Waals surface area (Å²) >= 11 is 0. The van der Waals surface area contributed by atoms with Gasteiger partial charge in [0.2, 0.25) is 11.7 Å². The van der Waals surface area contributed by atoms with Crippen molar-refractivity contribution in [2.24, 2.45) is 0 Å². The Hall–Kier alpha value is -1.23. The van der Waals surface area contributed by atoms with Gasteiger partial charge in [-0.05, 0) is 40.0 Å². The van der Waals surface area contributed by atoms with Crippen LogP contribution in [0.25, 0.3) is 0 Å². The molecule has 1 aliphatic rings. The molecule has 1 aromatic rings. The SMILES string of the molecule is CC(=O)C(C)c1nc(C2(C)CCCCO2)no1. The molecule has 0 aromatic carbocycles. The topological polar surface area (TPSA) is 65.2 Å². The first-order valence-corrected chi connectivity index (χ1v) is 6.01. The Kier molecular flexibility index (Phi) is 3.28. The summed E-state index contributed by atoms with van der Waals surface area (Å²) in [7, 11) is 0. The molecule has 1 aromatic heterocycles. The molecule has 1 fully saturated rings. The average Bonchev–Trinajstić information content (AvgIpc) is 2.78. The minimum Gasteiger partial charge on any atom is -0.367 e. The predicted molar refractivity (Wildman–Crippen MR) is 60.5 cm³/mol. The maximum Gasteiger partial charge on any atom is 0.237 e. The highest BCUT2D eigenvalue weighted by Gasteiger charge is 2.35. The van der Waals surface area contributed by atoms with Crippen LogP contribution in [0.1, 0.15) is 57.7 Å². The van der Waals surface area contributed by atoms with E-state index < -0.39 is 5.60 Å². The van der Waals surface area contributed by atoms with Crippen molar-refractivity contribution in [1.29, 1.82) is 0 Å². The summed E-state index contributed by atoms with van der Waals surface area (Å²) in [5.41, 5.74) is -0.462. The van der Waals surface area contributed by atoms with Crippen LogP contribution in [0, 0.1) is 0 Å². The first-order chi connectivity index (χ1) is 8.03.